The second kappa shape index (κ2) is 68.1. The molecule has 1 unspecified atom stereocenters. The zero-order chi connectivity index (χ0) is 58.5. The second-order valence-electron chi connectivity index (χ2n) is 22.0. The molecule has 0 saturated heterocycles. The third-order valence-corrected chi connectivity index (χ3v) is 14.1. The predicted octanol–water partition coefficient (Wildman–Crippen LogP) is 23.3. The molecular formula is C75H124O6. The van der Waals surface area contributed by atoms with E-state index in [4.69, 9.17) is 14.2 Å². The molecule has 0 aliphatic heterocycles. The lowest BCUT2D eigenvalue weighted by molar-refractivity contribution is -0.167. The fourth-order valence-corrected chi connectivity index (χ4v) is 9.14. The van der Waals surface area contributed by atoms with Gasteiger partial charge in [0, 0.05) is 19.3 Å². The molecule has 460 valence electrons. The van der Waals surface area contributed by atoms with E-state index in [0.717, 1.165) is 148 Å². The summed E-state index contributed by atoms with van der Waals surface area (Å²) in [6.45, 7) is 6.40. The van der Waals surface area contributed by atoms with E-state index in [1.807, 2.05) is 0 Å². The summed E-state index contributed by atoms with van der Waals surface area (Å²) in [4.78, 5) is 38.4. The highest BCUT2D eigenvalue weighted by Crippen LogP contribution is 2.16. The molecule has 81 heavy (non-hydrogen) atoms. The van der Waals surface area contributed by atoms with E-state index < -0.39 is 6.10 Å². The highest BCUT2D eigenvalue weighted by atomic mass is 16.6. The van der Waals surface area contributed by atoms with Gasteiger partial charge in [0.15, 0.2) is 6.10 Å². The number of hydrogen-bond acceptors (Lipinski definition) is 6. The first kappa shape index (κ1) is 76.5. The van der Waals surface area contributed by atoms with Crippen molar-refractivity contribution in [2.24, 2.45) is 0 Å². The Bertz CT molecular complexity index is 1720. The van der Waals surface area contributed by atoms with Gasteiger partial charge in [-0.1, -0.05) is 283 Å². The Balaban J connectivity index is 4.33. The smallest absolute Gasteiger partial charge is 0.306 e. The van der Waals surface area contributed by atoms with Crippen molar-refractivity contribution in [2.45, 2.75) is 309 Å². The lowest BCUT2D eigenvalue weighted by atomic mass is 10.1. The van der Waals surface area contributed by atoms with Crippen molar-refractivity contribution >= 4 is 17.9 Å². The van der Waals surface area contributed by atoms with E-state index in [0.29, 0.717) is 19.3 Å². The summed E-state index contributed by atoms with van der Waals surface area (Å²) in [5, 5.41) is 0. The number of hydrogen-bond donors (Lipinski definition) is 0. The monoisotopic (exact) mass is 1120 g/mol. The molecule has 0 radical (unpaired) electrons. The number of allylic oxidation sites excluding steroid dienone is 22. The predicted molar refractivity (Wildman–Crippen MR) is 353 cm³/mol. The lowest BCUT2D eigenvalue weighted by Gasteiger charge is -2.18. The maximum atomic E-state index is 12.9. The Labute approximate surface area is 500 Å². The topological polar surface area (TPSA) is 78.9 Å². The van der Waals surface area contributed by atoms with Crippen LogP contribution in [0.1, 0.15) is 303 Å². The average Bonchev–Trinajstić information content (AvgIpc) is 3.47. The van der Waals surface area contributed by atoms with Crippen LogP contribution in [0, 0.1) is 0 Å². The van der Waals surface area contributed by atoms with E-state index in [-0.39, 0.29) is 31.1 Å². The van der Waals surface area contributed by atoms with Gasteiger partial charge >= 0.3 is 17.9 Å². The summed E-state index contributed by atoms with van der Waals surface area (Å²) >= 11 is 0. The van der Waals surface area contributed by atoms with Gasteiger partial charge in [0.1, 0.15) is 13.2 Å². The normalized spacial score (nSPS) is 13.0. The van der Waals surface area contributed by atoms with E-state index in [1.165, 1.54) is 116 Å². The molecule has 0 aromatic carbocycles. The quantitative estimate of drug-likeness (QED) is 0.0261. The third kappa shape index (κ3) is 66.2. The van der Waals surface area contributed by atoms with Crippen molar-refractivity contribution in [1.82, 2.24) is 0 Å². The van der Waals surface area contributed by atoms with Crippen molar-refractivity contribution in [3.05, 3.63) is 134 Å². The van der Waals surface area contributed by atoms with Crippen LogP contribution in [0.25, 0.3) is 0 Å². The molecule has 0 saturated carbocycles. The van der Waals surface area contributed by atoms with Crippen LogP contribution in [-0.4, -0.2) is 37.2 Å². The van der Waals surface area contributed by atoms with Gasteiger partial charge in [-0.15, -0.1) is 0 Å². The van der Waals surface area contributed by atoms with Gasteiger partial charge in [-0.3, -0.25) is 14.4 Å². The second-order valence-corrected chi connectivity index (χ2v) is 22.0. The first-order chi connectivity index (χ1) is 40.0. The van der Waals surface area contributed by atoms with Crippen LogP contribution < -0.4 is 0 Å². The maximum Gasteiger partial charge on any atom is 0.306 e. The van der Waals surface area contributed by atoms with Gasteiger partial charge < -0.3 is 14.2 Å². The van der Waals surface area contributed by atoms with E-state index in [9.17, 15) is 14.4 Å². The fourth-order valence-electron chi connectivity index (χ4n) is 9.14. The number of esters is 3. The summed E-state index contributed by atoms with van der Waals surface area (Å²) in [6, 6.07) is 0. The summed E-state index contributed by atoms with van der Waals surface area (Å²) < 4.78 is 16.9. The molecule has 0 N–H and O–H groups in total. The Morgan fingerprint density at radius 2 is 0.481 bits per heavy atom. The zero-order valence-corrected chi connectivity index (χ0v) is 52.8. The standard InChI is InChI=1S/C75H124O6/c1-4-7-10-13-16-19-22-25-28-30-31-32-33-34-35-36-37-38-39-40-41-42-43-45-47-50-53-56-59-62-65-68-74(77)80-71-72(70-79-73(76)67-64-61-58-55-52-49-46-27-24-21-18-15-12-9-6-3)81-75(78)69-66-63-60-57-54-51-48-44-29-26-23-20-17-14-11-8-5-2/h7,9-10,12,16,18-19,21,25-29,31-32,34-35,37-38,40-41,46,72H,4-6,8,11,13-15,17,20,22-24,30,33,36,39,42-45,47-71H2,1-3H3/b10-7-,12-9-,19-16-,21-18-,28-25-,29-26-,32-31-,35-34-,38-37-,41-40-,46-27-. The Hall–Kier alpha value is -4.45. The molecule has 0 heterocycles. The number of carbonyl (C=O) groups is 3. The fraction of sp³-hybridized carbons (Fsp3) is 0.667. The first-order valence-corrected chi connectivity index (χ1v) is 33.7. The molecule has 1 atom stereocenters. The summed E-state index contributed by atoms with van der Waals surface area (Å²) in [5.41, 5.74) is 0. The zero-order valence-electron chi connectivity index (χ0n) is 52.8. The molecule has 0 aliphatic rings. The number of carbonyl (C=O) groups excluding carboxylic acids is 3. The molecule has 6 nitrogen and oxygen atoms in total. The van der Waals surface area contributed by atoms with E-state index in [1.54, 1.807) is 0 Å². The van der Waals surface area contributed by atoms with Crippen LogP contribution in [0.15, 0.2) is 134 Å². The molecule has 0 aromatic heterocycles. The minimum Gasteiger partial charge on any atom is -0.462 e. The molecule has 0 spiro atoms. The molecule has 0 bridgehead atoms. The number of unbranched alkanes of at least 4 members (excludes halogenated alkanes) is 27. The van der Waals surface area contributed by atoms with Gasteiger partial charge in [-0.05, 0) is 135 Å². The van der Waals surface area contributed by atoms with Gasteiger partial charge in [0.25, 0.3) is 0 Å². The molecule has 0 amide bonds. The van der Waals surface area contributed by atoms with Crippen molar-refractivity contribution < 1.29 is 28.6 Å². The van der Waals surface area contributed by atoms with Crippen LogP contribution in [0.4, 0.5) is 0 Å². The number of ether oxygens (including phenoxy) is 3. The van der Waals surface area contributed by atoms with Gasteiger partial charge in [-0.25, -0.2) is 0 Å². The average molecular weight is 1120 g/mol. The largest absolute Gasteiger partial charge is 0.462 e. The van der Waals surface area contributed by atoms with Crippen molar-refractivity contribution in [3.8, 4) is 0 Å². The third-order valence-electron chi connectivity index (χ3n) is 14.1. The minimum absolute atomic E-state index is 0.0909. The molecular weight excluding hydrogens is 997 g/mol. The van der Waals surface area contributed by atoms with Crippen LogP contribution >= 0.6 is 0 Å². The molecule has 6 heteroatoms. The van der Waals surface area contributed by atoms with Crippen LogP contribution in [0.5, 0.6) is 0 Å². The van der Waals surface area contributed by atoms with Crippen molar-refractivity contribution in [1.29, 1.82) is 0 Å². The van der Waals surface area contributed by atoms with Crippen LogP contribution in [0.3, 0.4) is 0 Å². The molecule has 0 aliphatic carbocycles. The summed E-state index contributed by atoms with van der Waals surface area (Å²) in [7, 11) is 0. The van der Waals surface area contributed by atoms with Gasteiger partial charge in [-0.2, -0.15) is 0 Å². The van der Waals surface area contributed by atoms with Gasteiger partial charge in [0.2, 0.25) is 0 Å². The highest BCUT2D eigenvalue weighted by Gasteiger charge is 2.19. The summed E-state index contributed by atoms with van der Waals surface area (Å²) in [6.07, 6.45) is 96.0. The van der Waals surface area contributed by atoms with E-state index >= 15 is 0 Å². The maximum absolute atomic E-state index is 12.9. The minimum atomic E-state index is -0.795. The molecule has 0 aromatic rings. The first-order valence-electron chi connectivity index (χ1n) is 33.7. The lowest BCUT2D eigenvalue weighted by Crippen LogP contribution is -2.30. The van der Waals surface area contributed by atoms with Crippen molar-refractivity contribution in [3.63, 3.8) is 0 Å². The summed E-state index contributed by atoms with van der Waals surface area (Å²) in [5.74, 6) is -0.912. The molecule has 0 rings (SSSR count). The SMILES string of the molecule is CC/C=C\C/C=C\C/C=C\C/C=C\C/C=C\C/C=C\C/C=C\CCCCCCCCCCCC(=O)OCC(COC(=O)CCCCCCC/C=C\C/C=C\C/C=C\CC)OC(=O)CCCCCCCCC/C=C\CCCCCCCC. The van der Waals surface area contributed by atoms with Crippen LogP contribution in [0.2, 0.25) is 0 Å². The Morgan fingerprint density at radius 3 is 0.765 bits per heavy atom. The van der Waals surface area contributed by atoms with E-state index in [2.05, 4.69) is 154 Å². The van der Waals surface area contributed by atoms with Crippen molar-refractivity contribution in [2.75, 3.05) is 13.2 Å². The Morgan fingerprint density at radius 1 is 0.259 bits per heavy atom. The number of rotatable bonds is 60. The van der Waals surface area contributed by atoms with Crippen LogP contribution in [-0.2, 0) is 28.6 Å². The highest BCUT2D eigenvalue weighted by molar-refractivity contribution is 5.71. The Kier molecular flexibility index (Phi) is 64.3. The van der Waals surface area contributed by atoms with Gasteiger partial charge in [0.05, 0.1) is 0 Å². The molecule has 0 fully saturated rings.